The van der Waals surface area contributed by atoms with Crippen LogP contribution in [0.1, 0.15) is 71.6 Å². The third kappa shape index (κ3) is 3.96. The summed E-state index contributed by atoms with van der Waals surface area (Å²) in [4.78, 5) is 2.62. The van der Waals surface area contributed by atoms with E-state index < -0.39 is 0 Å². The summed E-state index contributed by atoms with van der Waals surface area (Å²) in [6.45, 7) is 7.24. The predicted molar refractivity (Wildman–Crippen MR) is 78.7 cm³/mol. The van der Waals surface area contributed by atoms with Gasteiger partial charge in [0.25, 0.3) is 0 Å². The van der Waals surface area contributed by atoms with Crippen molar-refractivity contribution in [2.24, 2.45) is 11.7 Å². The first-order chi connectivity index (χ1) is 8.59. The third-order valence-electron chi connectivity index (χ3n) is 5.28. The summed E-state index contributed by atoms with van der Waals surface area (Å²) in [5.41, 5.74) is 6.74. The van der Waals surface area contributed by atoms with Crippen molar-refractivity contribution >= 4 is 0 Å². The Kier molecular flexibility index (Phi) is 5.08. The lowest BCUT2D eigenvalue weighted by Crippen LogP contribution is -2.43. The maximum absolute atomic E-state index is 6.54. The molecule has 2 N–H and O–H groups in total. The van der Waals surface area contributed by atoms with Gasteiger partial charge in [-0.3, -0.25) is 0 Å². The maximum Gasteiger partial charge on any atom is 0.0154 e. The molecule has 0 spiro atoms. The van der Waals surface area contributed by atoms with Gasteiger partial charge in [-0.1, -0.05) is 19.3 Å². The Hall–Kier alpha value is -0.0800. The van der Waals surface area contributed by atoms with Gasteiger partial charge in [0.05, 0.1) is 0 Å². The molecule has 1 heterocycles. The number of piperidine rings is 1. The highest BCUT2D eigenvalue weighted by Crippen LogP contribution is 2.33. The van der Waals surface area contributed by atoms with E-state index in [1.807, 2.05) is 0 Å². The number of hydrogen-bond donors (Lipinski definition) is 1. The van der Waals surface area contributed by atoms with Gasteiger partial charge in [-0.05, 0) is 71.4 Å². The first-order valence-electron chi connectivity index (χ1n) is 8.12. The molecule has 1 saturated heterocycles. The zero-order valence-corrected chi connectivity index (χ0v) is 12.5. The summed E-state index contributed by atoms with van der Waals surface area (Å²) in [6, 6.07) is 0.727. The predicted octanol–water partition coefficient (Wildman–Crippen LogP) is 3.55. The third-order valence-corrected chi connectivity index (χ3v) is 5.28. The molecule has 0 aromatic carbocycles. The van der Waals surface area contributed by atoms with E-state index in [4.69, 9.17) is 5.73 Å². The average molecular weight is 252 g/mol. The highest BCUT2D eigenvalue weighted by Gasteiger charge is 2.29. The first-order valence-corrected chi connectivity index (χ1v) is 8.12. The highest BCUT2D eigenvalue weighted by atomic mass is 15.1. The van der Waals surface area contributed by atoms with E-state index in [1.54, 1.807) is 0 Å². The van der Waals surface area contributed by atoms with Crippen molar-refractivity contribution in [2.75, 3.05) is 13.1 Å². The molecular formula is C16H32N2. The van der Waals surface area contributed by atoms with Crippen LogP contribution in [0.2, 0.25) is 0 Å². The van der Waals surface area contributed by atoms with Crippen molar-refractivity contribution in [3.63, 3.8) is 0 Å². The summed E-state index contributed by atoms with van der Waals surface area (Å²) < 4.78 is 0. The van der Waals surface area contributed by atoms with E-state index in [0.717, 1.165) is 12.0 Å². The zero-order chi connectivity index (χ0) is 13.0. The molecule has 0 aromatic heterocycles. The fourth-order valence-electron chi connectivity index (χ4n) is 3.76. The first kappa shape index (κ1) is 14.3. The number of nitrogens with two attached hydrogens (primary N) is 1. The van der Waals surface area contributed by atoms with E-state index in [1.165, 1.54) is 70.9 Å². The molecule has 1 saturated carbocycles. The lowest BCUT2D eigenvalue weighted by molar-refractivity contribution is 0.137. The largest absolute Gasteiger partial charge is 0.325 e. The Morgan fingerprint density at radius 3 is 2.28 bits per heavy atom. The topological polar surface area (TPSA) is 29.3 Å². The van der Waals surface area contributed by atoms with E-state index >= 15 is 0 Å². The molecule has 2 aliphatic rings. The van der Waals surface area contributed by atoms with Crippen LogP contribution in [0.5, 0.6) is 0 Å². The van der Waals surface area contributed by atoms with Gasteiger partial charge in [-0.15, -0.1) is 0 Å². The SMILES string of the molecule is CC(C)N1CCC(CCC2(N)CCCCC2)CC1. The van der Waals surface area contributed by atoms with Gasteiger partial charge in [-0.25, -0.2) is 0 Å². The van der Waals surface area contributed by atoms with Crippen LogP contribution >= 0.6 is 0 Å². The minimum absolute atomic E-state index is 0.202. The van der Waals surface area contributed by atoms with Gasteiger partial charge < -0.3 is 10.6 Å². The number of nitrogens with zero attached hydrogens (tertiary/aromatic N) is 1. The van der Waals surface area contributed by atoms with Gasteiger partial charge >= 0.3 is 0 Å². The zero-order valence-electron chi connectivity index (χ0n) is 12.5. The van der Waals surface area contributed by atoms with Gasteiger partial charge in [0.1, 0.15) is 0 Å². The second-order valence-electron chi connectivity index (χ2n) is 7.03. The molecule has 2 nitrogen and oxygen atoms in total. The minimum atomic E-state index is 0.202. The molecule has 2 heteroatoms. The fraction of sp³-hybridized carbons (Fsp3) is 1.00. The van der Waals surface area contributed by atoms with Crippen LogP contribution in [0.15, 0.2) is 0 Å². The van der Waals surface area contributed by atoms with Crippen molar-refractivity contribution in [2.45, 2.75) is 83.2 Å². The number of hydrogen-bond acceptors (Lipinski definition) is 2. The molecule has 0 radical (unpaired) electrons. The second-order valence-corrected chi connectivity index (χ2v) is 7.03. The molecule has 0 aromatic rings. The van der Waals surface area contributed by atoms with E-state index in [-0.39, 0.29) is 5.54 Å². The number of likely N-dealkylation sites (tertiary alicyclic amines) is 1. The van der Waals surface area contributed by atoms with Crippen molar-refractivity contribution in [1.82, 2.24) is 4.90 Å². The molecule has 1 aliphatic heterocycles. The molecule has 2 fully saturated rings. The Bertz CT molecular complexity index is 235. The molecule has 18 heavy (non-hydrogen) atoms. The molecule has 0 bridgehead atoms. The van der Waals surface area contributed by atoms with Crippen LogP contribution < -0.4 is 5.73 Å². The maximum atomic E-state index is 6.54. The van der Waals surface area contributed by atoms with Gasteiger partial charge in [0.2, 0.25) is 0 Å². The molecular weight excluding hydrogens is 220 g/mol. The Morgan fingerprint density at radius 1 is 1.11 bits per heavy atom. The highest BCUT2D eigenvalue weighted by molar-refractivity contribution is 4.88. The quantitative estimate of drug-likeness (QED) is 0.829. The fourth-order valence-corrected chi connectivity index (χ4v) is 3.76. The van der Waals surface area contributed by atoms with E-state index in [0.29, 0.717) is 0 Å². The lowest BCUT2D eigenvalue weighted by Gasteiger charge is -2.38. The Morgan fingerprint density at radius 2 is 1.72 bits per heavy atom. The van der Waals surface area contributed by atoms with Crippen LogP contribution in [0.25, 0.3) is 0 Å². The summed E-state index contributed by atoms with van der Waals surface area (Å²) in [5.74, 6) is 0.947. The smallest absolute Gasteiger partial charge is 0.0154 e. The Labute approximate surface area is 113 Å². The van der Waals surface area contributed by atoms with Crippen LogP contribution in [0, 0.1) is 5.92 Å². The lowest BCUT2D eigenvalue weighted by atomic mass is 9.77. The molecule has 1 aliphatic carbocycles. The van der Waals surface area contributed by atoms with E-state index in [2.05, 4.69) is 18.7 Å². The molecule has 2 rings (SSSR count). The second kappa shape index (κ2) is 6.38. The summed E-state index contributed by atoms with van der Waals surface area (Å²) in [6.07, 6.45) is 12.1. The van der Waals surface area contributed by atoms with Crippen molar-refractivity contribution in [1.29, 1.82) is 0 Å². The van der Waals surface area contributed by atoms with Crippen molar-refractivity contribution < 1.29 is 0 Å². The molecule has 0 amide bonds. The molecule has 0 unspecified atom stereocenters. The number of rotatable bonds is 4. The van der Waals surface area contributed by atoms with Crippen molar-refractivity contribution in [3.8, 4) is 0 Å². The van der Waals surface area contributed by atoms with Gasteiger partial charge in [0.15, 0.2) is 0 Å². The van der Waals surface area contributed by atoms with Gasteiger partial charge in [0, 0.05) is 11.6 Å². The standard InChI is InChI=1S/C16H32N2/c1-14(2)18-12-7-15(8-13-18)6-11-16(17)9-4-3-5-10-16/h14-15H,3-13,17H2,1-2H3. The van der Waals surface area contributed by atoms with E-state index in [9.17, 15) is 0 Å². The van der Waals surface area contributed by atoms with Crippen LogP contribution in [-0.4, -0.2) is 29.6 Å². The molecule has 0 atom stereocenters. The minimum Gasteiger partial charge on any atom is -0.325 e. The Balaban J connectivity index is 1.68. The average Bonchev–Trinajstić information content (AvgIpc) is 2.38. The van der Waals surface area contributed by atoms with Gasteiger partial charge in [-0.2, -0.15) is 0 Å². The monoisotopic (exact) mass is 252 g/mol. The summed E-state index contributed by atoms with van der Waals surface area (Å²) >= 11 is 0. The van der Waals surface area contributed by atoms with Crippen LogP contribution in [0.3, 0.4) is 0 Å². The van der Waals surface area contributed by atoms with Crippen LogP contribution in [0.4, 0.5) is 0 Å². The summed E-state index contributed by atoms with van der Waals surface area (Å²) in [7, 11) is 0. The van der Waals surface area contributed by atoms with Crippen molar-refractivity contribution in [3.05, 3.63) is 0 Å². The van der Waals surface area contributed by atoms with Crippen LogP contribution in [-0.2, 0) is 0 Å². The normalized spacial score (nSPS) is 26.7. The molecule has 106 valence electrons. The summed E-state index contributed by atoms with van der Waals surface area (Å²) in [5, 5.41) is 0.